The Morgan fingerprint density at radius 1 is 1.18 bits per heavy atom. The van der Waals surface area contributed by atoms with Crippen LogP contribution in [0.15, 0.2) is 0 Å². The minimum absolute atomic E-state index is 0.0706. The van der Waals surface area contributed by atoms with Crippen LogP contribution >= 0.6 is 0 Å². The van der Waals surface area contributed by atoms with Gasteiger partial charge in [0.05, 0.1) is 5.92 Å². The van der Waals surface area contributed by atoms with E-state index in [1.807, 2.05) is 0 Å². The molecule has 0 aliphatic heterocycles. The van der Waals surface area contributed by atoms with Crippen LogP contribution in [0.5, 0.6) is 0 Å². The molecular weight excluding hydrogens is 140 g/mol. The Hall–Kier alpha value is -0.530. The molecule has 4 atom stereocenters. The van der Waals surface area contributed by atoms with Gasteiger partial charge >= 0.3 is 5.97 Å². The molecule has 3 aliphatic carbocycles. The van der Waals surface area contributed by atoms with Crippen LogP contribution in [0.1, 0.15) is 19.3 Å². The summed E-state index contributed by atoms with van der Waals surface area (Å²) in [5.41, 5.74) is 0. The van der Waals surface area contributed by atoms with Crippen molar-refractivity contribution in [2.45, 2.75) is 19.3 Å². The maximum Gasteiger partial charge on any atom is 0.307 e. The number of hydrogen-bond donors (Lipinski definition) is 1. The highest BCUT2D eigenvalue weighted by atomic mass is 16.4. The molecule has 11 heavy (non-hydrogen) atoms. The third kappa shape index (κ3) is 0.569. The molecule has 2 heteroatoms. The van der Waals surface area contributed by atoms with Crippen LogP contribution in [0.25, 0.3) is 0 Å². The highest BCUT2D eigenvalue weighted by Crippen LogP contribution is 2.69. The summed E-state index contributed by atoms with van der Waals surface area (Å²) in [6.07, 6.45) is 3.98. The summed E-state index contributed by atoms with van der Waals surface area (Å²) in [4.78, 5) is 10.7. The maximum atomic E-state index is 10.7. The molecule has 0 aromatic carbocycles. The van der Waals surface area contributed by atoms with Gasteiger partial charge in [0, 0.05) is 0 Å². The standard InChI is InChI=1S/C9H12O2/c10-9(11)8-6-4-1-2-5(3-4)7(6)8/h4-8H,1-3H2,(H,10,11)/t4-,5-,6-,7-/m0/s1. The van der Waals surface area contributed by atoms with E-state index in [0.29, 0.717) is 11.8 Å². The molecule has 0 saturated heterocycles. The Balaban J connectivity index is 1.86. The van der Waals surface area contributed by atoms with Gasteiger partial charge in [-0.3, -0.25) is 4.79 Å². The first-order chi connectivity index (χ1) is 5.29. The number of carboxylic acids is 1. The van der Waals surface area contributed by atoms with Crippen molar-refractivity contribution in [2.75, 3.05) is 0 Å². The minimum Gasteiger partial charge on any atom is -0.481 e. The van der Waals surface area contributed by atoms with Crippen molar-refractivity contribution in [2.24, 2.45) is 29.6 Å². The molecule has 60 valence electrons. The molecule has 3 rings (SSSR count). The van der Waals surface area contributed by atoms with E-state index >= 15 is 0 Å². The molecule has 2 bridgehead atoms. The van der Waals surface area contributed by atoms with Crippen molar-refractivity contribution in [1.29, 1.82) is 0 Å². The third-order valence-corrected chi connectivity index (χ3v) is 4.02. The van der Waals surface area contributed by atoms with Crippen LogP contribution in [-0.4, -0.2) is 11.1 Å². The predicted molar refractivity (Wildman–Crippen MR) is 38.9 cm³/mol. The van der Waals surface area contributed by atoms with Gasteiger partial charge in [0.15, 0.2) is 0 Å². The van der Waals surface area contributed by atoms with E-state index in [9.17, 15) is 4.79 Å². The number of hydrogen-bond acceptors (Lipinski definition) is 1. The van der Waals surface area contributed by atoms with Gasteiger partial charge in [-0.1, -0.05) is 0 Å². The van der Waals surface area contributed by atoms with Crippen LogP contribution in [-0.2, 0) is 4.79 Å². The van der Waals surface area contributed by atoms with Gasteiger partial charge in [0.25, 0.3) is 0 Å². The van der Waals surface area contributed by atoms with Crippen molar-refractivity contribution < 1.29 is 9.90 Å². The molecule has 0 radical (unpaired) electrons. The number of aliphatic carboxylic acids is 1. The van der Waals surface area contributed by atoms with Crippen molar-refractivity contribution in [1.82, 2.24) is 0 Å². The number of carboxylic acid groups (broad SMARTS) is 1. The van der Waals surface area contributed by atoms with Crippen LogP contribution in [0, 0.1) is 29.6 Å². The van der Waals surface area contributed by atoms with E-state index in [4.69, 9.17) is 5.11 Å². The van der Waals surface area contributed by atoms with Gasteiger partial charge < -0.3 is 5.11 Å². The lowest BCUT2D eigenvalue weighted by molar-refractivity contribution is -0.139. The average molecular weight is 152 g/mol. The summed E-state index contributed by atoms with van der Waals surface area (Å²) in [5.74, 6) is 2.34. The molecule has 1 N–H and O–H groups in total. The second-order valence-electron chi connectivity index (χ2n) is 4.35. The van der Waals surface area contributed by atoms with E-state index in [1.54, 1.807) is 0 Å². The molecular formula is C9H12O2. The van der Waals surface area contributed by atoms with Crippen molar-refractivity contribution in [3.05, 3.63) is 0 Å². The Morgan fingerprint density at radius 3 is 2.18 bits per heavy atom. The van der Waals surface area contributed by atoms with Crippen LogP contribution in [0.2, 0.25) is 0 Å². The van der Waals surface area contributed by atoms with Gasteiger partial charge in [-0.15, -0.1) is 0 Å². The van der Waals surface area contributed by atoms with E-state index < -0.39 is 5.97 Å². The minimum atomic E-state index is -0.531. The SMILES string of the molecule is O=C(O)C1[C@H]2[C@H]3CC[C@@H](C3)[C@H]12. The second kappa shape index (κ2) is 1.62. The topological polar surface area (TPSA) is 37.3 Å². The predicted octanol–water partition coefficient (Wildman–Crippen LogP) is 1.36. The fourth-order valence-electron chi connectivity index (χ4n) is 3.66. The first-order valence-corrected chi connectivity index (χ1v) is 4.52. The van der Waals surface area contributed by atoms with Crippen LogP contribution in [0.3, 0.4) is 0 Å². The molecule has 0 heterocycles. The summed E-state index contributed by atoms with van der Waals surface area (Å²) in [6.45, 7) is 0. The van der Waals surface area contributed by atoms with Crippen LogP contribution in [0.4, 0.5) is 0 Å². The molecule has 3 fully saturated rings. The molecule has 0 aromatic rings. The fourth-order valence-corrected chi connectivity index (χ4v) is 3.66. The van der Waals surface area contributed by atoms with Gasteiger partial charge in [-0.2, -0.15) is 0 Å². The zero-order valence-electron chi connectivity index (χ0n) is 6.36. The highest BCUT2D eigenvalue weighted by Gasteiger charge is 2.67. The molecule has 0 unspecified atom stereocenters. The fraction of sp³-hybridized carbons (Fsp3) is 0.889. The molecule has 2 nitrogen and oxygen atoms in total. The lowest BCUT2D eigenvalue weighted by Gasteiger charge is -2.04. The zero-order valence-corrected chi connectivity index (χ0v) is 6.36. The highest BCUT2D eigenvalue weighted by molar-refractivity contribution is 5.75. The van der Waals surface area contributed by atoms with Crippen molar-refractivity contribution in [3.8, 4) is 0 Å². The Bertz CT molecular complexity index is 208. The molecule has 3 aliphatic rings. The number of rotatable bonds is 1. The maximum absolute atomic E-state index is 10.7. The first kappa shape index (κ1) is 6.04. The first-order valence-electron chi connectivity index (χ1n) is 4.52. The van der Waals surface area contributed by atoms with E-state index in [1.165, 1.54) is 19.3 Å². The van der Waals surface area contributed by atoms with E-state index in [2.05, 4.69) is 0 Å². The van der Waals surface area contributed by atoms with Gasteiger partial charge in [0.2, 0.25) is 0 Å². The number of fused-ring (bicyclic) bond motifs is 5. The summed E-state index contributed by atoms with van der Waals surface area (Å²) in [6, 6.07) is 0. The Labute approximate surface area is 65.6 Å². The normalized spacial score (nSPS) is 57.6. The lowest BCUT2D eigenvalue weighted by atomic mass is 10.0. The average Bonchev–Trinajstić information content (AvgIpc) is 2.44. The Morgan fingerprint density at radius 2 is 1.73 bits per heavy atom. The third-order valence-electron chi connectivity index (χ3n) is 4.02. The summed E-state index contributed by atoms with van der Waals surface area (Å²) in [7, 11) is 0. The van der Waals surface area contributed by atoms with Crippen LogP contribution < -0.4 is 0 Å². The molecule has 0 aromatic heterocycles. The van der Waals surface area contributed by atoms with E-state index in [-0.39, 0.29) is 5.92 Å². The summed E-state index contributed by atoms with van der Waals surface area (Å²) >= 11 is 0. The van der Waals surface area contributed by atoms with Gasteiger partial charge in [-0.05, 0) is 42.9 Å². The summed E-state index contributed by atoms with van der Waals surface area (Å²) in [5, 5.41) is 8.82. The van der Waals surface area contributed by atoms with E-state index in [0.717, 1.165) is 11.8 Å². The smallest absolute Gasteiger partial charge is 0.307 e. The second-order valence-corrected chi connectivity index (χ2v) is 4.35. The molecule has 0 amide bonds. The quantitative estimate of drug-likeness (QED) is 0.616. The van der Waals surface area contributed by atoms with Crippen molar-refractivity contribution >= 4 is 5.97 Å². The molecule has 0 spiro atoms. The Kier molecular flexibility index (Phi) is 0.890. The lowest BCUT2D eigenvalue weighted by Crippen LogP contribution is -2.07. The largest absolute Gasteiger partial charge is 0.481 e. The monoisotopic (exact) mass is 152 g/mol. The number of carbonyl (C=O) groups is 1. The van der Waals surface area contributed by atoms with Crippen molar-refractivity contribution in [3.63, 3.8) is 0 Å². The van der Waals surface area contributed by atoms with Gasteiger partial charge in [-0.25, -0.2) is 0 Å². The summed E-state index contributed by atoms with van der Waals surface area (Å²) < 4.78 is 0. The van der Waals surface area contributed by atoms with Gasteiger partial charge in [0.1, 0.15) is 0 Å². The zero-order chi connectivity index (χ0) is 7.59. The molecule has 3 saturated carbocycles.